The van der Waals surface area contributed by atoms with E-state index in [2.05, 4.69) is 9.62 Å². The Morgan fingerprint density at radius 3 is 2.61 bits per heavy atom. The molecule has 28 heavy (non-hydrogen) atoms. The third-order valence-electron chi connectivity index (χ3n) is 4.63. The SMILES string of the molecule is COc1cc(C#N)ccc1S(=O)(=O)Nc1ccc(CN2CCSCC2)cc1C. The fraction of sp³-hybridized carbons (Fsp3) is 0.350. The van der Waals surface area contributed by atoms with Crippen LogP contribution in [0.2, 0.25) is 0 Å². The van der Waals surface area contributed by atoms with E-state index in [0.717, 1.165) is 36.7 Å². The van der Waals surface area contributed by atoms with Crippen molar-refractivity contribution in [3.8, 4) is 11.8 Å². The molecule has 1 saturated heterocycles. The Hall–Kier alpha value is -2.21. The number of rotatable bonds is 6. The van der Waals surface area contributed by atoms with Gasteiger partial charge in [-0.1, -0.05) is 12.1 Å². The molecule has 0 amide bonds. The van der Waals surface area contributed by atoms with Crippen LogP contribution in [-0.4, -0.2) is 45.0 Å². The van der Waals surface area contributed by atoms with Crippen molar-refractivity contribution in [2.75, 3.05) is 36.4 Å². The summed E-state index contributed by atoms with van der Waals surface area (Å²) in [5.41, 5.74) is 2.90. The highest BCUT2D eigenvalue weighted by atomic mass is 32.2. The predicted molar refractivity (Wildman–Crippen MR) is 112 cm³/mol. The Kier molecular flexibility index (Phi) is 6.50. The fourth-order valence-electron chi connectivity index (χ4n) is 3.11. The third-order valence-corrected chi connectivity index (χ3v) is 6.97. The average molecular weight is 418 g/mol. The van der Waals surface area contributed by atoms with Crippen molar-refractivity contribution in [2.24, 2.45) is 0 Å². The number of benzene rings is 2. The molecule has 0 aromatic heterocycles. The van der Waals surface area contributed by atoms with Crippen LogP contribution in [0.1, 0.15) is 16.7 Å². The number of hydrogen-bond acceptors (Lipinski definition) is 6. The zero-order valence-corrected chi connectivity index (χ0v) is 17.6. The van der Waals surface area contributed by atoms with Gasteiger partial charge in [0.05, 0.1) is 24.4 Å². The number of anilines is 1. The highest BCUT2D eigenvalue weighted by Crippen LogP contribution is 2.28. The number of sulfonamides is 1. The summed E-state index contributed by atoms with van der Waals surface area (Å²) in [5, 5.41) is 8.99. The van der Waals surface area contributed by atoms with Gasteiger partial charge in [-0.15, -0.1) is 0 Å². The summed E-state index contributed by atoms with van der Waals surface area (Å²) in [6.07, 6.45) is 0. The van der Waals surface area contributed by atoms with Crippen LogP contribution in [0.15, 0.2) is 41.3 Å². The predicted octanol–water partition coefficient (Wildman–Crippen LogP) is 3.22. The van der Waals surface area contributed by atoms with Gasteiger partial charge in [0.1, 0.15) is 10.6 Å². The second-order valence-corrected chi connectivity index (χ2v) is 9.50. The van der Waals surface area contributed by atoms with Crippen molar-refractivity contribution < 1.29 is 13.2 Å². The van der Waals surface area contributed by atoms with Gasteiger partial charge in [-0.05, 0) is 42.3 Å². The fourth-order valence-corrected chi connectivity index (χ4v) is 5.38. The van der Waals surface area contributed by atoms with Crippen molar-refractivity contribution in [1.82, 2.24) is 4.90 Å². The molecule has 0 atom stereocenters. The largest absolute Gasteiger partial charge is 0.495 e. The molecule has 1 N–H and O–H groups in total. The first-order chi connectivity index (χ1) is 13.4. The van der Waals surface area contributed by atoms with E-state index in [9.17, 15) is 8.42 Å². The molecule has 2 aromatic carbocycles. The van der Waals surface area contributed by atoms with Crippen molar-refractivity contribution in [3.05, 3.63) is 53.1 Å². The van der Waals surface area contributed by atoms with E-state index < -0.39 is 10.0 Å². The normalized spacial score (nSPS) is 15.0. The number of aryl methyl sites for hydroxylation is 1. The summed E-state index contributed by atoms with van der Waals surface area (Å²) in [4.78, 5) is 2.42. The lowest BCUT2D eigenvalue weighted by Gasteiger charge is -2.26. The van der Waals surface area contributed by atoms with Gasteiger partial charge in [0.2, 0.25) is 0 Å². The average Bonchev–Trinajstić information content (AvgIpc) is 2.70. The van der Waals surface area contributed by atoms with E-state index in [1.54, 1.807) is 6.07 Å². The van der Waals surface area contributed by atoms with E-state index >= 15 is 0 Å². The Morgan fingerprint density at radius 2 is 1.96 bits per heavy atom. The Labute approximate surface area is 170 Å². The first kappa shape index (κ1) is 20.5. The maximum absolute atomic E-state index is 12.9. The molecule has 1 heterocycles. The van der Waals surface area contributed by atoms with Crippen LogP contribution in [0.3, 0.4) is 0 Å². The molecule has 3 rings (SSSR count). The molecule has 2 aromatic rings. The standard InChI is InChI=1S/C20H23N3O3S2/c1-15-11-17(14-23-7-9-27-10-8-23)3-5-18(15)22-28(24,25)20-6-4-16(13-21)12-19(20)26-2/h3-6,11-12,22H,7-10,14H2,1-2H3. The molecule has 1 aliphatic rings. The molecular formula is C20H23N3O3S2. The lowest BCUT2D eigenvalue weighted by molar-refractivity contribution is 0.294. The molecule has 0 radical (unpaired) electrons. The van der Waals surface area contributed by atoms with Gasteiger partial charge in [-0.3, -0.25) is 9.62 Å². The highest BCUT2D eigenvalue weighted by molar-refractivity contribution is 7.99. The monoisotopic (exact) mass is 417 g/mol. The first-order valence-electron chi connectivity index (χ1n) is 8.93. The first-order valence-corrected chi connectivity index (χ1v) is 11.6. The van der Waals surface area contributed by atoms with Gasteiger partial charge in [-0.25, -0.2) is 8.42 Å². The second-order valence-electron chi connectivity index (χ2n) is 6.62. The smallest absolute Gasteiger partial charge is 0.265 e. The van der Waals surface area contributed by atoms with Crippen LogP contribution < -0.4 is 9.46 Å². The Morgan fingerprint density at radius 1 is 1.21 bits per heavy atom. The van der Waals surface area contributed by atoms with Gasteiger partial charge >= 0.3 is 0 Å². The molecule has 0 bridgehead atoms. The van der Waals surface area contributed by atoms with Gasteiger partial charge in [-0.2, -0.15) is 17.0 Å². The summed E-state index contributed by atoms with van der Waals surface area (Å²) >= 11 is 1.98. The molecular weight excluding hydrogens is 394 g/mol. The number of ether oxygens (including phenoxy) is 1. The zero-order chi connectivity index (χ0) is 20.1. The molecule has 0 spiro atoms. The van der Waals surface area contributed by atoms with Crippen LogP contribution in [-0.2, 0) is 16.6 Å². The topological polar surface area (TPSA) is 82.4 Å². The highest BCUT2D eigenvalue weighted by Gasteiger charge is 2.21. The van der Waals surface area contributed by atoms with Crippen molar-refractivity contribution >= 4 is 27.5 Å². The van der Waals surface area contributed by atoms with Crippen LogP contribution in [0.25, 0.3) is 0 Å². The van der Waals surface area contributed by atoms with E-state index in [-0.39, 0.29) is 10.6 Å². The zero-order valence-electron chi connectivity index (χ0n) is 15.9. The van der Waals surface area contributed by atoms with E-state index in [4.69, 9.17) is 10.00 Å². The summed E-state index contributed by atoms with van der Waals surface area (Å²) < 4.78 is 33.5. The lowest BCUT2D eigenvalue weighted by atomic mass is 10.1. The van der Waals surface area contributed by atoms with Crippen LogP contribution >= 0.6 is 11.8 Å². The molecule has 148 valence electrons. The molecule has 1 fully saturated rings. The minimum Gasteiger partial charge on any atom is -0.495 e. The van der Waals surface area contributed by atoms with E-state index in [1.165, 1.54) is 30.9 Å². The van der Waals surface area contributed by atoms with Crippen LogP contribution in [0.4, 0.5) is 5.69 Å². The van der Waals surface area contributed by atoms with Gasteiger partial charge in [0.25, 0.3) is 10.0 Å². The Balaban J connectivity index is 1.80. The van der Waals surface area contributed by atoms with Crippen molar-refractivity contribution in [3.63, 3.8) is 0 Å². The molecule has 0 aliphatic carbocycles. The van der Waals surface area contributed by atoms with E-state index in [0.29, 0.717) is 11.3 Å². The van der Waals surface area contributed by atoms with Crippen LogP contribution in [0.5, 0.6) is 5.75 Å². The number of nitriles is 1. The summed E-state index contributed by atoms with van der Waals surface area (Å²) in [6.45, 7) is 4.93. The molecule has 0 saturated carbocycles. The molecule has 8 heteroatoms. The van der Waals surface area contributed by atoms with E-state index in [1.807, 2.05) is 36.9 Å². The summed E-state index contributed by atoms with van der Waals surface area (Å²) in [5.74, 6) is 2.45. The van der Waals surface area contributed by atoms with Gasteiger partial charge < -0.3 is 4.74 Å². The maximum atomic E-state index is 12.9. The second kappa shape index (κ2) is 8.86. The maximum Gasteiger partial charge on any atom is 0.265 e. The third kappa shape index (κ3) is 4.79. The van der Waals surface area contributed by atoms with Crippen molar-refractivity contribution in [1.29, 1.82) is 5.26 Å². The summed E-state index contributed by atoms with van der Waals surface area (Å²) in [7, 11) is -2.46. The number of thioether (sulfide) groups is 1. The molecule has 1 aliphatic heterocycles. The number of nitrogens with one attached hydrogen (secondary N) is 1. The Bertz CT molecular complexity index is 994. The lowest BCUT2D eigenvalue weighted by Crippen LogP contribution is -2.31. The number of hydrogen-bond donors (Lipinski definition) is 1. The molecule has 6 nitrogen and oxygen atoms in total. The van der Waals surface area contributed by atoms with Crippen LogP contribution in [0, 0.1) is 18.3 Å². The number of nitrogens with zero attached hydrogens (tertiary/aromatic N) is 2. The van der Waals surface area contributed by atoms with Gasteiger partial charge in [0.15, 0.2) is 0 Å². The van der Waals surface area contributed by atoms with Crippen molar-refractivity contribution in [2.45, 2.75) is 18.4 Å². The van der Waals surface area contributed by atoms with Gasteiger partial charge in [0, 0.05) is 31.1 Å². The minimum absolute atomic E-state index is 0.00305. The summed E-state index contributed by atoms with van der Waals surface area (Å²) in [6, 6.07) is 12.0. The quantitative estimate of drug-likeness (QED) is 0.777. The molecule has 0 unspecified atom stereocenters. The minimum atomic E-state index is -3.84. The number of methoxy groups -OCH3 is 1.